The second-order valence-electron chi connectivity index (χ2n) is 5.31. The Kier molecular flexibility index (Phi) is 4.19. The van der Waals surface area contributed by atoms with Crippen LogP contribution in [0.15, 0.2) is 47.9 Å². The van der Waals surface area contributed by atoms with Crippen LogP contribution in [-0.4, -0.2) is 13.4 Å². The van der Waals surface area contributed by atoms with Gasteiger partial charge in [0.2, 0.25) is 0 Å². The highest BCUT2D eigenvalue weighted by atomic mass is 32.2. The quantitative estimate of drug-likeness (QED) is 0.766. The average molecular weight is 344 g/mol. The van der Waals surface area contributed by atoms with Crippen molar-refractivity contribution in [2.75, 3.05) is 4.72 Å². The molecule has 23 heavy (non-hydrogen) atoms. The van der Waals surface area contributed by atoms with Gasteiger partial charge in [0.25, 0.3) is 10.0 Å². The van der Waals surface area contributed by atoms with Crippen molar-refractivity contribution in [2.45, 2.75) is 13.8 Å². The van der Waals surface area contributed by atoms with Crippen LogP contribution >= 0.6 is 11.3 Å². The molecule has 3 aromatic rings. The van der Waals surface area contributed by atoms with E-state index in [4.69, 9.17) is 0 Å². The summed E-state index contributed by atoms with van der Waals surface area (Å²) in [6.07, 6.45) is 1.56. The number of nitrogens with zero attached hydrogens (tertiary/aromatic N) is 1. The van der Waals surface area contributed by atoms with Crippen molar-refractivity contribution in [2.24, 2.45) is 0 Å². The summed E-state index contributed by atoms with van der Waals surface area (Å²) >= 11 is 1.34. The number of hydrogen-bond acceptors (Lipinski definition) is 4. The summed E-state index contributed by atoms with van der Waals surface area (Å²) < 4.78 is 27.8. The molecular formula is C17H16N2O2S2. The van der Waals surface area contributed by atoms with Crippen molar-refractivity contribution in [1.29, 1.82) is 0 Å². The maximum absolute atomic E-state index is 12.2. The molecular weight excluding hydrogens is 328 g/mol. The van der Waals surface area contributed by atoms with Crippen LogP contribution < -0.4 is 4.72 Å². The van der Waals surface area contributed by atoms with Crippen LogP contribution in [0, 0.1) is 13.8 Å². The minimum Gasteiger partial charge on any atom is -0.255 e. The summed E-state index contributed by atoms with van der Waals surface area (Å²) in [6.45, 7) is 3.99. The number of fused-ring (bicyclic) bond motifs is 1. The molecule has 0 aliphatic rings. The van der Waals surface area contributed by atoms with Gasteiger partial charge < -0.3 is 0 Å². The Hall–Kier alpha value is -2.18. The zero-order valence-electron chi connectivity index (χ0n) is 12.8. The fraction of sp³-hybridized carbons (Fsp3) is 0.118. The van der Waals surface area contributed by atoms with Gasteiger partial charge in [-0.15, -0.1) is 0 Å². The third-order valence-electron chi connectivity index (χ3n) is 3.30. The highest BCUT2D eigenvalue weighted by molar-refractivity contribution is 7.95. The number of anilines is 1. The molecule has 4 nitrogen and oxygen atoms in total. The van der Waals surface area contributed by atoms with Gasteiger partial charge in [-0.05, 0) is 42.7 Å². The largest absolute Gasteiger partial charge is 0.256 e. The average Bonchev–Trinajstić information content (AvgIpc) is 2.88. The number of aromatic nitrogens is 1. The molecule has 2 aromatic carbocycles. The molecule has 0 spiro atoms. The number of benzene rings is 2. The van der Waals surface area contributed by atoms with Gasteiger partial charge >= 0.3 is 0 Å². The van der Waals surface area contributed by atoms with Crippen LogP contribution in [-0.2, 0) is 10.0 Å². The van der Waals surface area contributed by atoms with Crippen LogP contribution in [0.3, 0.4) is 0 Å². The van der Waals surface area contributed by atoms with E-state index in [0.717, 1.165) is 32.3 Å². The molecule has 1 heterocycles. The van der Waals surface area contributed by atoms with Gasteiger partial charge in [-0.1, -0.05) is 47.7 Å². The van der Waals surface area contributed by atoms with Crippen LogP contribution in [0.4, 0.5) is 5.13 Å². The van der Waals surface area contributed by atoms with E-state index in [9.17, 15) is 8.42 Å². The minimum atomic E-state index is -3.59. The van der Waals surface area contributed by atoms with Crippen LogP contribution in [0.5, 0.6) is 0 Å². The third-order valence-corrected chi connectivity index (χ3v) is 5.32. The van der Waals surface area contributed by atoms with Gasteiger partial charge in [-0.2, -0.15) is 0 Å². The number of hydrogen-bond donors (Lipinski definition) is 1. The fourth-order valence-corrected chi connectivity index (χ4v) is 4.40. The van der Waals surface area contributed by atoms with Gasteiger partial charge in [0, 0.05) is 0 Å². The topological polar surface area (TPSA) is 59.1 Å². The Labute approximate surface area is 139 Å². The van der Waals surface area contributed by atoms with E-state index in [0.29, 0.717) is 5.13 Å². The lowest BCUT2D eigenvalue weighted by atomic mass is 10.1. The lowest BCUT2D eigenvalue weighted by molar-refractivity contribution is 0.609. The standard InChI is InChI=1S/C17H16N2O2S2/c1-12-10-13(2)16-15(11-12)22-17(18-16)19-23(20,21)9-8-14-6-4-3-5-7-14/h3-11H,1-2H3,(H,18,19)/b9-8-. The Bertz CT molecular complexity index is 975. The maximum atomic E-state index is 12.2. The Morgan fingerprint density at radius 1 is 1.13 bits per heavy atom. The van der Waals surface area contributed by atoms with Crippen molar-refractivity contribution in [3.8, 4) is 0 Å². The summed E-state index contributed by atoms with van der Waals surface area (Å²) in [5.74, 6) is 0. The molecule has 0 amide bonds. The van der Waals surface area contributed by atoms with Crippen molar-refractivity contribution >= 4 is 42.8 Å². The highest BCUT2D eigenvalue weighted by Gasteiger charge is 2.12. The van der Waals surface area contributed by atoms with Gasteiger partial charge in [0.1, 0.15) is 0 Å². The Morgan fingerprint density at radius 2 is 1.87 bits per heavy atom. The van der Waals surface area contributed by atoms with E-state index >= 15 is 0 Å². The first-order chi connectivity index (χ1) is 10.9. The van der Waals surface area contributed by atoms with Crippen molar-refractivity contribution in [3.05, 3.63) is 64.6 Å². The van der Waals surface area contributed by atoms with Crippen molar-refractivity contribution < 1.29 is 8.42 Å². The summed E-state index contributed by atoms with van der Waals surface area (Å²) in [6, 6.07) is 13.3. The molecule has 0 fully saturated rings. The minimum absolute atomic E-state index is 0.381. The smallest absolute Gasteiger partial charge is 0.255 e. The number of rotatable bonds is 4. The molecule has 3 rings (SSSR count). The maximum Gasteiger partial charge on any atom is 0.256 e. The molecule has 0 saturated carbocycles. The fourth-order valence-electron chi connectivity index (χ4n) is 2.30. The van der Waals surface area contributed by atoms with Gasteiger partial charge in [0.15, 0.2) is 5.13 Å². The number of aryl methyl sites for hydroxylation is 2. The SMILES string of the molecule is Cc1cc(C)c2nc(NS(=O)(=O)/C=C\c3ccccc3)sc2c1. The Balaban J connectivity index is 1.86. The highest BCUT2D eigenvalue weighted by Crippen LogP contribution is 2.29. The zero-order valence-corrected chi connectivity index (χ0v) is 14.4. The number of nitrogens with one attached hydrogen (secondary N) is 1. The van der Waals surface area contributed by atoms with Crippen LogP contribution in [0.1, 0.15) is 16.7 Å². The van der Waals surface area contributed by atoms with Gasteiger partial charge in [0.05, 0.1) is 15.6 Å². The molecule has 0 unspecified atom stereocenters. The number of thiazole rings is 1. The molecule has 1 aromatic heterocycles. The molecule has 0 aliphatic heterocycles. The lowest BCUT2D eigenvalue weighted by Gasteiger charge is -1.99. The zero-order chi connectivity index (χ0) is 16.4. The predicted molar refractivity (Wildman–Crippen MR) is 97.1 cm³/mol. The molecule has 0 saturated heterocycles. The second kappa shape index (κ2) is 6.14. The van der Waals surface area contributed by atoms with E-state index in [1.165, 1.54) is 11.3 Å². The van der Waals surface area contributed by atoms with E-state index in [1.807, 2.05) is 56.3 Å². The van der Waals surface area contributed by atoms with Crippen molar-refractivity contribution in [3.63, 3.8) is 0 Å². The third kappa shape index (κ3) is 3.78. The molecule has 0 bridgehead atoms. The summed E-state index contributed by atoms with van der Waals surface area (Å²) in [7, 11) is -3.59. The predicted octanol–water partition coefficient (Wildman–Crippen LogP) is 4.33. The van der Waals surface area contributed by atoms with Crippen LogP contribution in [0.2, 0.25) is 0 Å². The summed E-state index contributed by atoms with van der Waals surface area (Å²) in [5.41, 5.74) is 3.84. The van der Waals surface area contributed by atoms with E-state index in [-0.39, 0.29) is 0 Å². The molecule has 0 atom stereocenters. The monoisotopic (exact) mass is 344 g/mol. The molecule has 0 aliphatic carbocycles. The van der Waals surface area contributed by atoms with Crippen LogP contribution in [0.25, 0.3) is 16.3 Å². The molecule has 0 radical (unpaired) electrons. The Morgan fingerprint density at radius 3 is 2.61 bits per heavy atom. The number of sulfonamides is 1. The second-order valence-corrected chi connectivity index (χ2v) is 7.91. The molecule has 118 valence electrons. The molecule has 1 N–H and O–H groups in total. The first kappa shape index (κ1) is 15.7. The van der Waals surface area contributed by atoms with Gasteiger partial charge in [-0.25, -0.2) is 13.4 Å². The lowest BCUT2D eigenvalue weighted by Crippen LogP contribution is -2.08. The summed E-state index contributed by atoms with van der Waals surface area (Å²) in [4.78, 5) is 4.39. The summed E-state index contributed by atoms with van der Waals surface area (Å²) in [5, 5.41) is 1.54. The van der Waals surface area contributed by atoms with E-state index < -0.39 is 10.0 Å². The van der Waals surface area contributed by atoms with E-state index in [1.54, 1.807) is 6.08 Å². The van der Waals surface area contributed by atoms with Gasteiger partial charge in [-0.3, -0.25) is 4.72 Å². The normalized spacial score (nSPS) is 12.1. The first-order valence-corrected chi connectivity index (χ1v) is 9.43. The molecule has 6 heteroatoms. The first-order valence-electron chi connectivity index (χ1n) is 7.07. The van der Waals surface area contributed by atoms with E-state index in [2.05, 4.69) is 9.71 Å². The van der Waals surface area contributed by atoms with Crippen molar-refractivity contribution in [1.82, 2.24) is 4.98 Å².